The summed E-state index contributed by atoms with van der Waals surface area (Å²) in [5, 5.41) is 3.18. The first kappa shape index (κ1) is 23.3. The van der Waals surface area contributed by atoms with Gasteiger partial charge >= 0.3 is 0 Å². The van der Waals surface area contributed by atoms with E-state index < -0.39 is 5.25 Å². The summed E-state index contributed by atoms with van der Waals surface area (Å²) < 4.78 is 12.0. The van der Waals surface area contributed by atoms with Crippen molar-refractivity contribution in [3.05, 3.63) is 76.7 Å². The number of methoxy groups -OCH3 is 2. The van der Waals surface area contributed by atoms with E-state index in [9.17, 15) is 9.59 Å². The van der Waals surface area contributed by atoms with Gasteiger partial charge in [0.15, 0.2) is 5.16 Å². The zero-order valence-corrected chi connectivity index (χ0v) is 20.1. The van der Waals surface area contributed by atoms with Crippen LogP contribution >= 0.6 is 11.8 Å². The second-order valence-electron chi connectivity index (χ2n) is 7.59. The number of aromatic nitrogens is 3. The Morgan fingerprint density at radius 1 is 1.06 bits per heavy atom. The van der Waals surface area contributed by atoms with E-state index in [0.717, 1.165) is 5.56 Å². The van der Waals surface area contributed by atoms with Crippen molar-refractivity contribution in [2.24, 2.45) is 0 Å². The van der Waals surface area contributed by atoms with E-state index >= 15 is 0 Å². The maximum Gasteiger partial charge on any atom is 0.267 e. The van der Waals surface area contributed by atoms with Crippen LogP contribution in [0.1, 0.15) is 12.5 Å². The molecule has 8 nitrogen and oxygen atoms in total. The third-order valence-electron chi connectivity index (χ3n) is 5.15. The summed E-state index contributed by atoms with van der Waals surface area (Å²) in [5.41, 5.74) is 1.82. The highest BCUT2D eigenvalue weighted by Gasteiger charge is 2.21. The first-order valence-corrected chi connectivity index (χ1v) is 11.4. The monoisotopic (exact) mass is 476 g/mol. The summed E-state index contributed by atoms with van der Waals surface area (Å²) >= 11 is 1.18. The number of anilines is 1. The standard InChI is InChI=1S/C25H24N4O4S/c1-15-9-10-26-22(11-15)29-24(31)20-7-5-6-8-21(20)28-25(29)34-16(2)23(30)27-17-12-18(32-3)14-19(13-17)33-4/h5-14,16H,1-4H3,(H,27,30). The second-order valence-corrected chi connectivity index (χ2v) is 8.90. The molecule has 0 saturated heterocycles. The minimum Gasteiger partial charge on any atom is -0.497 e. The lowest BCUT2D eigenvalue weighted by Gasteiger charge is -2.16. The Hall–Kier alpha value is -3.85. The van der Waals surface area contributed by atoms with Gasteiger partial charge in [0.1, 0.15) is 17.3 Å². The van der Waals surface area contributed by atoms with Gasteiger partial charge in [0, 0.05) is 30.1 Å². The van der Waals surface area contributed by atoms with Gasteiger partial charge in [-0.2, -0.15) is 0 Å². The average Bonchev–Trinajstić information content (AvgIpc) is 2.83. The van der Waals surface area contributed by atoms with Gasteiger partial charge in [-0.05, 0) is 43.7 Å². The number of hydrogen-bond acceptors (Lipinski definition) is 7. The van der Waals surface area contributed by atoms with Gasteiger partial charge in [0.25, 0.3) is 5.56 Å². The largest absolute Gasteiger partial charge is 0.497 e. The van der Waals surface area contributed by atoms with Crippen LogP contribution in [0.3, 0.4) is 0 Å². The summed E-state index contributed by atoms with van der Waals surface area (Å²) in [5.74, 6) is 1.32. The maximum absolute atomic E-state index is 13.4. The Balaban J connectivity index is 1.69. The summed E-state index contributed by atoms with van der Waals surface area (Å²) in [6.45, 7) is 3.68. The van der Waals surface area contributed by atoms with Crippen LogP contribution in [0.25, 0.3) is 16.7 Å². The van der Waals surface area contributed by atoms with Gasteiger partial charge in [0.05, 0.1) is 30.4 Å². The first-order chi connectivity index (χ1) is 16.4. The van der Waals surface area contributed by atoms with E-state index in [1.54, 1.807) is 63.7 Å². The molecule has 2 aromatic carbocycles. The van der Waals surface area contributed by atoms with Crippen LogP contribution in [-0.4, -0.2) is 39.9 Å². The highest BCUT2D eigenvalue weighted by molar-refractivity contribution is 8.00. The first-order valence-electron chi connectivity index (χ1n) is 10.5. The molecule has 2 aromatic heterocycles. The number of aryl methyl sites for hydroxylation is 1. The molecule has 4 rings (SSSR count). The minimum atomic E-state index is -0.568. The third-order valence-corrected chi connectivity index (χ3v) is 6.20. The number of fused-ring (bicyclic) bond motifs is 1. The molecular weight excluding hydrogens is 452 g/mol. The number of carbonyl (C=O) groups excluding carboxylic acids is 1. The van der Waals surface area contributed by atoms with Crippen LogP contribution in [0.4, 0.5) is 5.69 Å². The molecule has 174 valence electrons. The Kier molecular flexibility index (Phi) is 6.83. The molecule has 2 heterocycles. The molecular formula is C25H24N4O4S. The van der Waals surface area contributed by atoms with Crippen molar-refractivity contribution in [3.63, 3.8) is 0 Å². The normalized spacial score (nSPS) is 11.8. The lowest BCUT2D eigenvalue weighted by atomic mass is 10.2. The van der Waals surface area contributed by atoms with Crippen LogP contribution in [0.15, 0.2) is 70.7 Å². The van der Waals surface area contributed by atoms with Crippen LogP contribution in [0, 0.1) is 6.92 Å². The number of ether oxygens (including phenoxy) is 2. The molecule has 0 aliphatic carbocycles. The smallest absolute Gasteiger partial charge is 0.267 e. The summed E-state index contributed by atoms with van der Waals surface area (Å²) in [7, 11) is 3.09. The van der Waals surface area contributed by atoms with Crippen molar-refractivity contribution in [1.82, 2.24) is 14.5 Å². The molecule has 0 aliphatic heterocycles. The molecule has 0 radical (unpaired) electrons. The van der Waals surface area contributed by atoms with Gasteiger partial charge in [-0.25, -0.2) is 14.5 Å². The van der Waals surface area contributed by atoms with Crippen molar-refractivity contribution in [3.8, 4) is 17.3 Å². The predicted octanol–water partition coefficient (Wildman–Crippen LogP) is 4.23. The predicted molar refractivity (Wildman–Crippen MR) is 133 cm³/mol. The molecule has 0 bridgehead atoms. The Labute approximate surface area is 201 Å². The number of carbonyl (C=O) groups is 1. The van der Waals surface area contributed by atoms with Crippen LogP contribution < -0.4 is 20.3 Å². The zero-order chi connectivity index (χ0) is 24.2. The number of amides is 1. The number of hydrogen-bond donors (Lipinski definition) is 1. The number of nitrogens with zero attached hydrogens (tertiary/aromatic N) is 3. The lowest BCUT2D eigenvalue weighted by Crippen LogP contribution is -2.26. The molecule has 0 fully saturated rings. The van der Waals surface area contributed by atoms with E-state index in [4.69, 9.17) is 14.5 Å². The quantitative estimate of drug-likeness (QED) is 0.315. The Morgan fingerprint density at radius 2 is 1.76 bits per heavy atom. The number of rotatable bonds is 7. The summed E-state index contributed by atoms with van der Waals surface area (Å²) in [4.78, 5) is 35.5. The van der Waals surface area contributed by atoms with Gasteiger partial charge in [0.2, 0.25) is 5.91 Å². The van der Waals surface area contributed by atoms with Crippen LogP contribution in [0.5, 0.6) is 11.5 Å². The Bertz CT molecular complexity index is 1400. The lowest BCUT2D eigenvalue weighted by molar-refractivity contribution is -0.115. The molecule has 1 unspecified atom stereocenters. The molecule has 34 heavy (non-hydrogen) atoms. The molecule has 0 saturated carbocycles. The summed E-state index contributed by atoms with van der Waals surface area (Å²) in [6.07, 6.45) is 1.65. The van der Waals surface area contributed by atoms with E-state index in [-0.39, 0.29) is 11.5 Å². The second kappa shape index (κ2) is 9.96. The van der Waals surface area contributed by atoms with Crippen molar-refractivity contribution < 1.29 is 14.3 Å². The van der Waals surface area contributed by atoms with E-state index in [0.29, 0.717) is 39.1 Å². The fourth-order valence-corrected chi connectivity index (χ4v) is 4.29. The number of pyridine rings is 1. The third kappa shape index (κ3) is 4.89. The molecule has 1 N–H and O–H groups in total. The molecule has 4 aromatic rings. The molecule has 1 amide bonds. The highest BCUT2D eigenvalue weighted by Crippen LogP contribution is 2.28. The van der Waals surface area contributed by atoms with Crippen molar-refractivity contribution >= 4 is 34.3 Å². The fourth-order valence-electron chi connectivity index (χ4n) is 3.37. The molecule has 9 heteroatoms. The van der Waals surface area contributed by atoms with Gasteiger partial charge in [-0.15, -0.1) is 0 Å². The SMILES string of the molecule is COc1cc(NC(=O)C(C)Sc2nc3ccccc3c(=O)n2-c2cc(C)ccn2)cc(OC)c1. The number of benzene rings is 2. The fraction of sp³-hybridized carbons (Fsp3) is 0.200. The highest BCUT2D eigenvalue weighted by atomic mass is 32.2. The minimum absolute atomic E-state index is 0.239. The van der Waals surface area contributed by atoms with Crippen molar-refractivity contribution in [1.29, 1.82) is 0 Å². The van der Waals surface area contributed by atoms with Gasteiger partial charge in [-0.1, -0.05) is 23.9 Å². The van der Waals surface area contributed by atoms with Crippen molar-refractivity contribution in [2.75, 3.05) is 19.5 Å². The Morgan fingerprint density at radius 3 is 2.44 bits per heavy atom. The zero-order valence-electron chi connectivity index (χ0n) is 19.2. The van der Waals surface area contributed by atoms with Crippen LogP contribution in [0.2, 0.25) is 0 Å². The maximum atomic E-state index is 13.4. The van der Waals surface area contributed by atoms with Gasteiger partial charge in [-0.3, -0.25) is 9.59 Å². The van der Waals surface area contributed by atoms with Crippen LogP contribution in [-0.2, 0) is 4.79 Å². The van der Waals surface area contributed by atoms with E-state index in [1.807, 2.05) is 25.1 Å². The molecule has 0 spiro atoms. The average molecular weight is 477 g/mol. The van der Waals surface area contributed by atoms with E-state index in [1.165, 1.54) is 16.3 Å². The number of thioether (sulfide) groups is 1. The van der Waals surface area contributed by atoms with E-state index in [2.05, 4.69) is 10.3 Å². The number of nitrogens with one attached hydrogen (secondary N) is 1. The number of para-hydroxylation sites is 1. The molecule has 1 atom stereocenters. The van der Waals surface area contributed by atoms with Gasteiger partial charge < -0.3 is 14.8 Å². The topological polar surface area (TPSA) is 95.3 Å². The summed E-state index contributed by atoms with van der Waals surface area (Å²) in [6, 6.07) is 15.9. The molecule has 0 aliphatic rings. The van der Waals surface area contributed by atoms with Crippen molar-refractivity contribution in [2.45, 2.75) is 24.3 Å².